The maximum atomic E-state index is 13.3. The Bertz CT molecular complexity index is 822. The van der Waals surface area contributed by atoms with Gasteiger partial charge in [-0.25, -0.2) is 0 Å². The molecule has 6 heteroatoms. The summed E-state index contributed by atoms with van der Waals surface area (Å²) in [6.45, 7) is 3.66. The zero-order valence-corrected chi connectivity index (χ0v) is 15.6. The fourth-order valence-electron chi connectivity index (χ4n) is 3.42. The number of nitrogens with zero attached hydrogens (tertiary/aromatic N) is 1. The minimum atomic E-state index is -1.54. The highest BCUT2D eigenvalue weighted by Gasteiger charge is 2.56. The fraction of sp³-hybridized carbons (Fsp3) is 0.263. The summed E-state index contributed by atoms with van der Waals surface area (Å²) in [6, 6.07) is 14.3. The van der Waals surface area contributed by atoms with Crippen molar-refractivity contribution >= 4 is 33.4 Å². The number of carbonyl (C=O) groups excluding carboxylic acids is 2. The highest BCUT2D eigenvalue weighted by Crippen LogP contribution is 2.47. The Hall–Kier alpha value is -2.18. The van der Waals surface area contributed by atoms with Gasteiger partial charge in [-0.2, -0.15) is 0 Å². The highest BCUT2D eigenvalue weighted by molar-refractivity contribution is 9.10. The number of fused-ring (bicyclic) bond motifs is 1. The number of aliphatic hydroxyl groups is 1. The van der Waals surface area contributed by atoms with Crippen molar-refractivity contribution in [2.75, 3.05) is 11.4 Å². The number of hydrogen-bond donors (Lipinski definition) is 2. The summed E-state index contributed by atoms with van der Waals surface area (Å²) in [5.41, 5.74) is 0.331. The maximum absolute atomic E-state index is 13.3. The van der Waals surface area contributed by atoms with E-state index in [4.69, 9.17) is 0 Å². The van der Waals surface area contributed by atoms with Crippen molar-refractivity contribution in [2.45, 2.75) is 25.5 Å². The number of anilines is 1. The third kappa shape index (κ3) is 2.75. The Labute approximate surface area is 154 Å². The molecule has 0 aliphatic carbocycles. The van der Waals surface area contributed by atoms with Crippen LogP contribution in [0.2, 0.25) is 0 Å². The molecule has 0 fully saturated rings. The van der Waals surface area contributed by atoms with Gasteiger partial charge >= 0.3 is 0 Å². The lowest BCUT2D eigenvalue weighted by atomic mass is 9.82. The molecule has 25 heavy (non-hydrogen) atoms. The lowest BCUT2D eigenvalue weighted by Crippen LogP contribution is -2.56. The third-order valence-corrected chi connectivity index (χ3v) is 5.02. The number of amides is 2. The first-order chi connectivity index (χ1) is 11.9. The van der Waals surface area contributed by atoms with Crippen LogP contribution in [0.3, 0.4) is 0 Å². The molecular weight excluding hydrogens is 384 g/mol. The van der Waals surface area contributed by atoms with E-state index in [1.54, 1.807) is 41.3 Å². The summed E-state index contributed by atoms with van der Waals surface area (Å²) >= 11 is 3.36. The number of halogens is 1. The van der Waals surface area contributed by atoms with Gasteiger partial charge in [-0.05, 0) is 30.7 Å². The van der Waals surface area contributed by atoms with Gasteiger partial charge in [0.1, 0.15) is 6.10 Å². The van der Waals surface area contributed by atoms with Crippen molar-refractivity contribution in [1.29, 1.82) is 0 Å². The quantitative estimate of drug-likeness (QED) is 0.825. The monoisotopic (exact) mass is 402 g/mol. The van der Waals surface area contributed by atoms with Crippen LogP contribution < -0.4 is 10.2 Å². The minimum absolute atomic E-state index is 0.332. The van der Waals surface area contributed by atoms with Gasteiger partial charge < -0.3 is 15.3 Å². The Morgan fingerprint density at radius 2 is 1.88 bits per heavy atom. The molecule has 2 N–H and O–H groups in total. The second kappa shape index (κ2) is 6.61. The first-order valence-electron chi connectivity index (χ1n) is 8.05. The first kappa shape index (κ1) is 17.6. The van der Waals surface area contributed by atoms with Gasteiger partial charge in [0.25, 0.3) is 5.91 Å². The lowest BCUT2D eigenvalue weighted by Gasteiger charge is -2.34. The Balaban J connectivity index is 2.21. The van der Waals surface area contributed by atoms with Crippen LogP contribution in [-0.4, -0.2) is 23.5 Å². The average Bonchev–Trinajstić information content (AvgIpc) is 2.83. The summed E-state index contributed by atoms with van der Waals surface area (Å²) in [6.07, 6.45) is -1.21. The number of para-hydroxylation sites is 1. The molecule has 0 aromatic heterocycles. The molecule has 1 aliphatic heterocycles. The van der Waals surface area contributed by atoms with Crippen molar-refractivity contribution < 1.29 is 14.7 Å². The van der Waals surface area contributed by atoms with Crippen LogP contribution in [0.1, 0.15) is 31.1 Å². The van der Waals surface area contributed by atoms with Gasteiger partial charge in [-0.3, -0.25) is 9.59 Å². The molecule has 0 saturated heterocycles. The van der Waals surface area contributed by atoms with Gasteiger partial charge in [0.05, 0.1) is 0 Å². The normalized spacial score (nSPS) is 20.3. The molecule has 1 aliphatic rings. The van der Waals surface area contributed by atoms with Crippen LogP contribution in [0.15, 0.2) is 53.0 Å². The van der Waals surface area contributed by atoms with Crippen LogP contribution >= 0.6 is 15.9 Å². The molecule has 0 spiro atoms. The second-order valence-electron chi connectivity index (χ2n) is 6.01. The van der Waals surface area contributed by atoms with E-state index in [0.717, 1.165) is 4.47 Å². The van der Waals surface area contributed by atoms with Crippen LogP contribution in [0, 0.1) is 0 Å². The number of benzene rings is 2. The zero-order valence-electron chi connectivity index (χ0n) is 14.0. The van der Waals surface area contributed by atoms with Crippen molar-refractivity contribution in [1.82, 2.24) is 5.32 Å². The molecule has 0 unspecified atom stereocenters. The summed E-state index contributed by atoms with van der Waals surface area (Å²) in [5.74, 6) is -0.709. The number of rotatable bonds is 4. The largest absolute Gasteiger partial charge is 0.385 e. The van der Waals surface area contributed by atoms with E-state index in [-0.39, 0.29) is 11.8 Å². The third-order valence-electron chi connectivity index (χ3n) is 4.49. The van der Waals surface area contributed by atoms with E-state index in [2.05, 4.69) is 21.2 Å². The maximum Gasteiger partial charge on any atom is 0.260 e. The first-order valence-corrected chi connectivity index (χ1v) is 8.85. The van der Waals surface area contributed by atoms with E-state index >= 15 is 0 Å². The molecule has 2 atom stereocenters. The molecule has 0 bridgehead atoms. The van der Waals surface area contributed by atoms with Gasteiger partial charge in [0, 0.05) is 29.2 Å². The fourth-order valence-corrected chi connectivity index (χ4v) is 3.68. The van der Waals surface area contributed by atoms with E-state index in [1.807, 2.05) is 19.1 Å². The molecular formula is C19H19BrN2O3. The summed E-state index contributed by atoms with van der Waals surface area (Å²) in [5, 5.41) is 13.9. The van der Waals surface area contributed by atoms with Crippen molar-refractivity contribution in [3.8, 4) is 0 Å². The van der Waals surface area contributed by atoms with Gasteiger partial charge in [0.15, 0.2) is 5.54 Å². The van der Waals surface area contributed by atoms with Crippen LogP contribution in [0.5, 0.6) is 0 Å². The van der Waals surface area contributed by atoms with E-state index in [0.29, 0.717) is 23.4 Å². The van der Waals surface area contributed by atoms with Crippen LogP contribution in [0.25, 0.3) is 0 Å². The van der Waals surface area contributed by atoms with Crippen molar-refractivity contribution in [3.05, 3.63) is 64.1 Å². The molecule has 2 aromatic rings. The molecule has 2 amide bonds. The predicted octanol–water partition coefficient (Wildman–Crippen LogP) is 2.88. The Morgan fingerprint density at radius 1 is 1.24 bits per heavy atom. The van der Waals surface area contributed by atoms with E-state index in [9.17, 15) is 14.7 Å². The molecule has 1 heterocycles. The van der Waals surface area contributed by atoms with E-state index < -0.39 is 11.6 Å². The minimum Gasteiger partial charge on any atom is -0.385 e. The number of aliphatic hydroxyl groups excluding tert-OH is 1. The molecule has 0 radical (unpaired) electrons. The van der Waals surface area contributed by atoms with Crippen molar-refractivity contribution in [2.24, 2.45) is 0 Å². The van der Waals surface area contributed by atoms with Gasteiger partial charge in [0.2, 0.25) is 5.91 Å². The SMILES string of the molecule is CCN1C(=O)[C@@](NC(C)=O)([C@H](O)c2ccc(Br)cc2)c2ccccc21. The second-order valence-corrected chi connectivity index (χ2v) is 6.93. The Morgan fingerprint density at radius 3 is 2.48 bits per heavy atom. The van der Waals surface area contributed by atoms with Gasteiger partial charge in [-0.15, -0.1) is 0 Å². The Kier molecular flexibility index (Phi) is 4.67. The number of hydrogen-bond acceptors (Lipinski definition) is 3. The number of carbonyl (C=O) groups is 2. The topological polar surface area (TPSA) is 69.6 Å². The van der Waals surface area contributed by atoms with Crippen molar-refractivity contribution in [3.63, 3.8) is 0 Å². The molecule has 130 valence electrons. The number of likely N-dealkylation sites (N-methyl/N-ethyl adjacent to an activating group) is 1. The van der Waals surface area contributed by atoms with E-state index in [1.165, 1.54) is 6.92 Å². The summed E-state index contributed by atoms with van der Waals surface area (Å²) < 4.78 is 0.866. The van der Waals surface area contributed by atoms with Crippen LogP contribution in [0.4, 0.5) is 5.69 Å². The molecule has 2 aromatic carbocycles. The molecule has 5 nitrogen and oxygen atoms in total. The average molecular weight is 403 g/mol. The summed E-state index contributed by atoms with van der Waals surface area (Å²) in [7, 11) is 0. The highest BCUT2D eigenvalue weighted by atomic mass is 79.9. The molecule has 0 saturated carbocycles. The zero-order chi connectivity index (χ0) is 18.2. The smallest absolute Gasteiger partial charge is 0.260 e. The number of nitrogens with one attached hydrogen (secondary N) is 1. The molecule has 3 rings (SSSR count). The van der Waals surface area contributed by atoms with Gasteiger partial charge in [-0.1, -0.05) is 46.3 Å². The lowest BCUT2D eigenvalue weighted by molar-refractivity contribution is -0.136. The standard InChI is InChI=1S/C19H19BrN2O3/c1-3-22-16-7-5-4-6-15(16)19(18(22)25,21-12(2)23)17(24)13-8-10-14(20)11-9-13/h4-11,17,24H,3H2,1-2H3,(H,21,23)/t17-,19+/m1/s1. The predicted molar refractivity (Wildman–Crippen MR) is 99.1 cm³/mol. The summed E-state index contributed by atoms with van der Waals surface area (Å²) in [4.78, 5) is 26.8. The van der Waals surface area contributed by atoms with Crippen LogP contribution in [-0.2, 0) is 15.1 Å².